The Labute approximate surface area is 91.6 Å². The molecular formula is C9H10ClNO2S. The molecule has 76 valence electrons. The Hall–Kier alpha value is -0.870. The van der Waals surface area contributed by atoms with Gasteiger partial charge in [-0.15, -0.1) is 11.8 Å². The van der Waals surface area contributed by atoms with Crippen LogP contribution in [0.4, 0.5) is 5.69 Å². The lowest BCUT2D eigenvalue weighted by Crippen LogP contribution is -2.03. The highest BCUT2D eigenvalue weighted by Gasteiger charge is 2.05. The van der Waals surface area contributed by atoms with Gasteiger partial charge in [-0.1, -0.05) is 11.6 Å². The summed E-state index contributed by atoms with van der Waals surface area (Å²) in [7, 11) is 1.35. The fourth-order valence-electron chi connectivity index (χ4n) is 0.829. The van der Waals surface area contributed by atoms with E-state index in [0.717, 1.165) is 4.90 Å². The van der Waals surface area contributed by atoms with Crippen LogP contribution in [0.25, 0.3) is 0 Å². The molecule has 0 spiro atoms. The molecule has 0 aliphatic heterocycles. The number of thioether (sulfide) groups is 1. The van der Waals surface area contributed by atoms with Crippen molar-refractivity contribution in [3.05, 3.63) is 23.2 Å². The lowest BCUT2D eigenvalue weighted by molar-refractivity contribution is -0.137. The largest absolute Gasteiger partial charge is 0.468 e. The van der Waals surface area contributed by atoms with Gasteiger partial charge in [0, 0.05) is 15.6 Å². The molecule has 0 aliphatic carbocycles. The van der Waals surface area contributed by atoms with Crippen molar-refractivity contribution in [2.45, 2.75) is 4.90 Å². The van der Waals surface area contributed by atoms with Crippen molar-refractivity contribution >= 4 is 35.0 Å². The van der Waals surface area contributed by atoms with E-state index in [2.05, 4.69) is 4.74 Å². The summed E-state index contributed by atoms with van der Waals surface area (Å²) in [6.45, 7) is 0. The number of hydrogen-bond donors (Lipinski definition) is 1. The molecule has 3 nitrogen and oxygen atoms in total. The molecule has 0 aliphatic rings. The molecular weight excluding hydrogens is 222 g/mol. The minimum atomic E-state index is -0.283. The summed E-state index contributed by atoms with van der Waals surface area (Å²) in [6.07, 6.45) is 0. The standard InChI is InChI=1S/C9H10ClNO2S/c1-13-9(12)5-14-8-4-6(10)2-3-7(8)11/h2-4H,5,11H2,1H3. The van der Waals surface area contributed by atoms with Crippen LogP contribution < -0.4 is 5.73 Å². The summed E-state index contributed by atoms with van der Waals surface area (Å²) < 4.78 is 4.51. The molecule has 0 fully saturated rings. The number of nitrogens with two attached hydrogens (primary N) is 1. The van der Waals surface area contributed by atoms with Gasteiger partial charge in [0.05, 0.1) is 12.9 Å². The number of benzene rings is 1. The van der Waals surface area contributed by atoms with Gasteiger partial charge in [-0.3, -0.25) is 4.79 Å². The van der Waals surface area contributed by atoms with Crippen LogP contribution in [-0.4, -0.2) is 18.8 Å². The van der Waals surface area contributed by atoms with Gasteiger partial charge in [0.25, 0.3) is 0 Å². The van der Waals surface area contributed by atoms with E-state index >= 15 is 0 Å². The van der Waals surface area contributed by atoms with Crippen LogP contribution >= 0.6 is 23.4 Å². The summed E-state index contributed by atoms with van der Waals surface area (Å²) in [5, 5.41) is 0.603. The van der Waals surface area contributed by atoms with Crippen molar-refractivity contribution in [2.75, 3.05) is 18.6 Å². The van der Waals surface area contributed by atoms with Gasteiger partial charge in [-0.2, -0.15) is 0 Å². The van der Waals surface area contributed by atoms with Crippen LogP contribution in [0.1, 0.15) is 0 Å². The Kier molecular flexibility index (Phi) is 4.10. The number of rotatable bonds is 3. The van der Waals surface area contributed by atoms with Crippen molar-refractivity contribution in [1.29, 1.82) is 0 Å². The highest BCUT2D eigenvalue weighted by Crippen LogP contribution is 2.27. The topological polar surface area (TPSA) is 52.3 Å². The highest BCUT2D eigenvalue weighted by atomic mass is 35.5. The summed E-state index contributed by atoms with van der Waals surface area (Å²) in [4.78, 5) is 11.7. The third-order valence-electron chi connectivity index (χ3n) is 1.55. The third-order valence-corrected chi connectivity index (χ3v) is 2.83. The number of hydrogen-bond acceptors (Lipinski definition) is 4. The Morgan fingerprint density at radius 1 is 1.64 bits per heavy atom. The molecule has 1 aromatic carbocycles. The number of methoxy groups -OCH3 is 1. The van der Waals surface area contributed by atoms with E-state index < -0.39 is 0 Å². The summed E-state index contributed by atoms with van der Waals surface area (Å²) in [6, 6.07) is 5.14. The van der Waals surface area contributed by atoms with Crippen LogP contribution in [0.3, 0.4) is 0 Å². The summed E-state index contributed by atoms with van der Waals surface area (Å²) in [5.74, 6) is -0.0458. The van der Waals surface area contributed by atoms with E-state index in [9.17, 15) is 4.79 Å². The predicted molar refractivity (Wildman–Crippen MR) is 58.6 cm³/mol. The normalized spacial score (nSPS) is 9.86. The zero-order chi connectivity index (χ0) is 10.6. The second kappa shape index (κ2) is 5.12. The van der Waals surface area contributed by atoms with E-state index in [1.54, 1.807) is 18.2 Å². The van der Waals surface area contributed by atoms with Crippen LogP contribution in [0.15, 0.2) is 23.1 Å². The Balaban J connectivity index is 2.66. The summed E-state index contributed by atoms with van der Waals surface area (Å²) >= 11 is 7.09. The SMILES string of the molecule is COC(=O)CSc1cc(Cl)ccc1N. The molecule has 2 N–H and O–H groups in total. The van der Waals surface area contributed by atoms with Crippen LogP contribution in [0.5, 0.6) is 0 Å². The van der Waals surface area contributed by atoms with E-state index in [4.69, 9.17) is 17.3 Å². The molecule has 1 rings (SSSR count). The maximum Gasteiger partial charge on any atom is 0.315 e. The van der Waals surface area contributed by atoms with Gasteiger partial charge in [-0.05, 0) is 18.2 Å². The van der Waals surface area contributed by atoms with Crippen molar-refractivity contribution in [2.24, 2.45) is 0 Å². The number of esters is 1. The molecule has 5 heteroatoms. The first-order valence-electron chi connectivity index (χ1n) is 3.88. The molecule has 1 aromatic rings. The van der Waals surface area contributed by atoms with Gasteiger partial charge >= 0.3 is 5.97 Å². The Morgan fingerprint density at radius 3 is 3.00 bits per heavy atom. The van der Waals surface area contributed by atoms with Crippen LogP contribution in [0.2, 0.25) is 5.02 Å². The minimum Gasteiger partial charge on any atom is -0.468 e. The van der Waals surface area contributed by atoms with Crippen molar-refractivity contribution in [1.82, 2.24) is 0 Å². The zero-order valence-electron chi connectivity index (χ0n) is 7.62. The second-order valence-corrected chi connectivity index (χ2v) is 4.00. The average Bonchev–Trinajstić information content (AvgIpc) is 2.19. The van der Waals surface area contributed by atoms with Gasteiger partial charge in [0.1, 0.15) is 0 Å². The number of halogens is 1. The molecule has 0 atom stereocenters. The smallest absolute Gasteiger partial charge is 0.315 e. The molecule has 0 radical (unpaired) electrons. The Morgan fingerprint density at radius 2 is 2.36 bits per heavy atom. The first kappa shape index (κ1) is 11.2. The van der Waals surface area contributed by atoms with Gasteiger partial charge < -0.3 is 10.5 Å². The van der Waals surface area contributed by atoms with E-state index in [0.29, 0.717) is 10.7 Å². The molecule has 0 unspecified atom stereocenters. The number of nitrogen functional groups attached to an aromatic ring is 1. The fraction of sp³-hybridized carbons (Fsp3) is 0.222. The fourth-order valence-corrected chi connectivity index (χ4v) is 1.90. The molecule has 0 aromatic heterocycles. The summed E-state index contributed by atoms with van der Waals surface area (Å²) in [5.41, 5.74) is 6.30. The number of carbonyl (C=O) groups is 1. The predicted octanol–water partition coefficient (Wildman–Crippen LogP) is 2.19. The lowest BCUT2D eigenvalue weighted by atomic mass is 10.3. The maximum absolute atomic E-state index is 10.9. The van der Waals surface area contributed by atoms with Gasteiger partial charge in [0.15, 0.2) is 0 Å². The van der Waals surface area contributed by atoms with E-state index in [1.165, 1.54) is 18.9 Å². The highest BCUT2D eigenvalue weighted by molar-refractivity contribution is 8.00. The van der Waals surface area contributed by atoms with Crippen molar-refractivity contribution in [3.8, 4) is 0 Å². The minimum absolute atomic E-state index is 0.237. The number of carbonyl (C=O) groups excluding carboxylic acids is 1. The van der Waals surface area contributed by atoms with E-state index in [1.807, 2.05) is 0 Å². The molecule has 14 heavy (non-hydrogen) atoms. The monoisotopic (exact) mass is 231 g/mol. The van der Waals surface area contributed by atoms with E-state index in [-0.39, 0.29) is 11.7 Å². The molecule has 0 amide bonds. The Bertz CT molecular complexity index is 344. The molecule has 0 saturated heterocycles. The third kappa shape index (κ3) is 3.12. The van der Waals surface area contributed by atoms with Gasteiger partial charge in [0.2, 0.25) is 0 Å². The second-order valence-electron chi connectivity index (χ2n) is 2.55. The molecule has 0 bridgehead atoms. The lowest BCUT2D eigenvalue weighted by Gasteiger charge is -2.04. The van der Waals surface area contributed by atoms with Crippen molar-refractivity contribution in [3.63, 3.8) is 0 Å². The average molecular weight is 232 g/mol. The first-order chi connectivity index (χ1) is 6.63. The van der Waals surface area contributed by atoms with Crippen molar-refractivity contribution < 1.29 is 9.53 Å². The molecule has 0 saturated carbocycles. The van der Waals surface area contributed by atoms with Crippen LogP contribution in [0, 0.1) is 0 Å². The number of anilines is 1. The molecule has 0 heterocycles. The first-order valence-corrected chi connectivity index (χ1v) is 5.24. The zero-order valence-corrected chi connectivity index (χ0v) is 9.19. The van der Waals surface area contributed by atoms with Gasteiger partial charge in [-0.25, -0.2) is 0 Å². The quantitative estimate of drug-likeness (QED) is 0.492. The van der Waals surface area contributed by atoms with Crippen LogP contribution in [-0.2, 0) is 9.53 Å². The maximum atomic E-state index is 10.9. The number of ether oxygens (including phenoxy) is 1.